The first kappa shape index (κ1) is 18.7. The van der Waals surface area contributed by atoms with E-state index in [4.69, 9.17) is 16.3 Å². The molecule has 0 saturated carbocycles. The predicted molar refractivity (Wildman–Crippen MR) is 105 cm³/mol. The summed E-state index contributed by atoms with van der Waals surface area (Å²) >= 11 is 6.00. The number of nitrogens with zero attached hydrogens (tertiary/aromatic N) is 1. The van der Waals surface area contributed by atoms with Crippen molar-refractivity contribution in [1.29, 1.82) is 0 Å². The van der Waals surface area contributed by atoms with Gasteiger partial charge in [-0.25, -0.2) is 0 Å². The third kappa shape index (κ3) is 5.23. The average molecular weight is 373 g/mol. The van der Waals surface area contributed by atoms with Crippen LogP contribution in [-0.2, 0) is 17.8 Å². The van der Waals surface area contributed by atoms with Gasteiger partial charge in [-0.1, -0.05) is 35.9 Å². The van der Waals surface area contributed by atoms with E-state index < -0.39 is 0 Å². The smallest absolute Gasteiger partial charge is 0.227 e. The minimum atomic E-state index is 0.190. The van der Waals surface area contributed by atoms with Gasteiger partial charge < -0.3 is 15.0 Å². The topological polar surface area (TPSA) is 41.6 Å². The van der Waals surface area contributed by atoms with Crippen molar-refractivity contribution in [2.75, 3.05) is 26.7 Å². The van der Waals surface area contributed by atoms with Gasteiger partial charge in [0.1, 0.15) is 12.4 Å². The van der Waals surface area contributed by atoms with Crippen molar-refractivity contribution in [3.05, 3.63) is 64.7 Å². The van der Waals surface area contributed by atoms with E-state index >= 15 is 0 Å². The van der Waals surface area contributed by atoms with E-state index in [2.05, 4.69) is 5.32 Å². The molecule has 26 heavy (non-hydrogen) atoms. The quantitative estimate of drug-likeness (QED) is 0.808. The Kier molecular flexibility index (Phi) is 6.53. The molecule has 1 N–H and O–H groups in total. The predicted octanol–water partition coefficient (Wildman–Crippen LogP) is 3.53. The number of hydrogen-bond acceptors (Lipinski definition) is 3. The van der Waals surface area contributed by atoms with Crippen molar-refractivity contribution >= 4 is 17.5 Å². The van der Waals surface area contributed by atoms with Gasteiger partial charge in [0, 0.05) is 18.1 Å². The van der Waals surface area contributed by atoms with Crippen molar-refractivity contribution in [3.63, 3.8) is 0 Å². The molecule has 1 aliphatic rings. The fraction of sp³-hybridized carbons (Fsp3) is 0.381. The lowest BCUT2D eigenvalue weighted by molar-refractivity contribution is -0.129. The van der Waals surface area contributed by atoms with Crippen LogP contribution in [0.3, 0.4) is 0 Å². The molecule has 0 bridgehead atoms. The summed E-state index contributed by atoms with van der Waals surface area (Å²) in [6, 6.07) is 15.4. The Morgan fingerprint density at radius 2 is 2.04 bits per heavy atom. The third-order valence-electron chi connectivity index (χ3n) is 4.68. The SMILES string of the molecule is CNCC1CCN(C(=O)Cc2cccc(OCc3cccc(Cl)c3)c2)C1. The van der Waals surface area contributed by atoms with Crippen LogP contribution in [0.1, 0.15) is 17.5 Å². The van der Waals surface area contributed by atoms with Gasteiger partial charge in [-0.3, -0.25) is 4.79 Å². The van der Waals surface area contributed by atoms with Crippen molar-refractivity contribution in [2.45, 2.75) is 19.4 Å². The maximum Gasteiger partial charge on any atom is 0.227 e. The molecule has 1 unspecified atom stereocenters. The van der Waals surface area contributed by atoms with E-state index in [1.807, 2.05) is 60.5 Å². The standard InChI is InChI=1S/C21H25ClN2O2/c1-23-13-18-8-9-24(14-18)21(25)12-16-4-3-7-20(11-16)26-15-17-5-2-6-19(22)10-17/h2-7,10-11,18,23H,8-9,12-15H2,1H3. The van der Waals surface area contributed by atoms with Gasteiger partial charge in [0.2, 0.25) is 5.91 Å². The maximum absolute atomic E-state index is 12.5. The molecule has 2 aromatic carbocycles. The highest BCUT2D eigenvalue weighted by Gasteiger charge is 2.25. The Hall–Kier alpha value is -2.04. The van der Waals surface area contributed by atoms with Crippen LogP contribution >= 0.6 is 11.6 Å². The van der Waals surface area contributed by atoms with Crippen LogP contribution in [0.2, 0.25) is 5.02 Å². The van der Waals surface area contributed by atoms with E-state index in [0.717, 1.165) is 42.9 Å². The number of halogens is 1. The van der Waals surface area contributed by atoms with E-state index in [-0.39, 0.29) is 5.91 Å². The first-order valence-electron chi connectivity index (χ1n) is 9.02. The number of nitrogens with one attached hydrogen (secondary N) is 1. The van der Waals surface area contributed by atoms with Gasteiger partial charge in [0.05, 0.1) is 6.42 Å². The molecule has 4 nitrogen and oxygen atoms in total. The van der Waals surface area contributed by atoms with E-state index in [1.165, 1.54) is 0 Å². The van der Waals surface area contributed by atoms with Gasteiger partial charge in [-0.15, -0.1) is 0 Å². The molecule has 0 aromatic heterocycles. The van der Waals surface area contributed by atoms with Crippen LogP contribution in [0.15, 0.2) is 48.5 Å². The highest BCUT2D eigenvalue weighted by molar-refractivity contribution is 6.30. The second-order valence-corrected chi connectivity index (χ2v) is 7.23. The summed E-state index contributed by atoms with van der Waals surface area (Å²) in [6.07, 6.45) is 1.50. The number of hydrogen-bond donors (Lipinski definition) is 1. The number of carbonyl (C=O) groups excluding carboxylic acids is 1. The van der Waals surface area contributed by atoms with Crippen LogP contribution in [0.25, 0.3) is 0 Å². The molecular formula is C21H25ClN2O2. The highest BCUT2D eigenvalue weighted by Crippen LogP contribution is 2.20. The van der Waals surface area contributed by atoms with E-state index in [0.29, 0.717) is 24.0 Å². The van der Waals surface area contributed by atoms with Crippen LogP contribution in [-0.4, -0.2) is 37.5 Å². The minimum Gasteiger partial charge on any atom is -0.489 e. The Morgan fingerprint density at radius 1 is 1.23 bits per heavy atom. The molecule has 1 heterocycles. The maximum atomic E-state index is 12.5. The Balaban J connectivity index is 1.54. The van der Waals surface area contributed by atoms with Gasteiger partial charge >= 0.3 is 0 Å². The lowest BCUT2D eigenvalue weighted by Crippen LogP contribution is -2.31. The lowest BCUT2D eigenvalue weighted by atomic mass is 10.1. The van der Waals surface area contributed by atoms with Crippen LogP contribution < -0.4 is 10.1 Å². The zero-order valence-corrected chi connectivity index (χ0v) is 15.8. The summed E-state index contributed by atoms with van der Waals surface area (Å²) in [5, 5.41) is 3.90. The zero-order chi connectivity index (χ0) is 18.4. The van der Waals surface area contributed by atoms with E-state index in [9.17, 15) is 4.79 Å². The molecule has 1 aliphatic heterocycles. The average Bonchev–Trinajstić information content (AvgIpc) is 3.10. The van der Waals surface area contributed by atoms with Crippen LogP contribution in [0, 0.1) is 5.92 Å². The molecular weight excluding hydrogens is 348 g/mol. The Bertz CT molecular complexity index is 750. The van der Waals surface area contributed by atoms with Crippen molar-refractivity contribution < 1.29 is 9.53 Å². The fourth-order valence-electron chi connectivity index (χ4n) is 3.34. The summed E-state index contributed by atoms with van der Waals surface area (Å²) in [5.74, 6) is 1.52. The fourth-order valence-corrected chi connectivity index (χ4v) is 3.55. The molecule has 1 atom stereocenters. The Labute approximate surface area is 160 Å². The first-order chi connectivity index (χ1) is 12.6. The number of ether oxygens (including phenoxy) is 1. The molecule has 3 rings (SSSR count). The number of amides is 1. The monoisotopic (exact) mass is 372 g/mol. The second kappa shape index (κ2) is 9.06. The number of benzene rings is 2. The number of carbonyl (C=O) groups is 1. The minimum absolute atomic E-state index is 0.190. The zero-order valence-electron chi connectivity index (χ0n) is 15.1. The number of likely N-dealkylation sites (tertiary alicyclic amines) is 1. The summed E-state index contributed by atoms with van der Waals surface area (Å²) in [5.41, 5.74) is 2.00. The molecule has 0 aliphatic carbocycles. The van der Waals surface area contributed by atoms with Gasteiger partial charge in [-0.2, -0.15) is 0 Å². The Morgan fingerprint density at radius 3 is 2.85 bits per heavy atom. The first-order valence-corrected chi connectivity index (χ1v) is 9.40. The van der Waals surface area contributed by atoms with Gasteiger partial charge in [-0.05, 0) is 61.3 Å². The highest BCUT2D eigenvalue weighted by atomic mass is 35.5. The summed E-state index contributed by atoms with van der Waals surface area (Å²) in [7, 11) is 1.96. The lowest BCUT2D eigenvalue weighted by Gasteiger charge is -2.17. The molecule has 0 spiro atoms. The summed E-state index contributed by atoms with van der Waals surface area (Å²) in [4.78, 5) is 14.5. The molecule has 138 valence electrons. The largest absolute Gasteiger partial charge is 0.489 e. The normalized spacial score (nSPS) is 16.7. The molecule has 5 heteroatoms. The summed E-state index contributed by atoms with van der Waals surface area (Å²) in [6.45, 7) is 3.13. The van der Waals surface area contributed by atoms with E-state index in [1.54, 1.807) is 0 Å². The third-order valence-corrected chi connectivity index (χ3v) is 4.91. The van der Waals surface area contributed by atoms with Crippen molar-refractivity contribution in [3.8, 4) is 5.75 Å². The second-order valence-electron chi connectivity index (χ2n) is 6.79. The molecule has 2 aromatic rings. The molecule has 1 fully saturated rings. The van der Waals surface area contributed by atoms with Crippen LogP contribution in [0.4, 0.5) is 0 Å². The molecule has 1 amide bonds. The van der Waals surface area contributed by atoms with Crippen LogP contribution in [0.5, 0.6) is 5.75 Å². The summed E-state index contributed by atoms with van der Waals surface area (Å²) < 4.78 is 5.85. The molecule has 1 saturated heterocycles. The van der Waals surface area contributed by atoms with Gasteiger partial charge in [0.15, 0.2) is 0 Å². The number of rotatable bonds is 7. The van der Waals surface area contributed by atoms with Crippen molar-refractivity contribution in [1.82, 2.24) is 10.2 Å². The van der Waals surface area contributed by atoms with Crippen molar-refractivity contribution in [2.24, 2.45) is 5.92 Å². The van der Waals surface area contributed by atoms with Gasteiger partial charge in [0.25, 0.3) is 0 Å². The molecule has 0 radical (unpaired) electrons.